The molecule has 2 N–H and O–H groups in total. The lowest BCUT2D eigenvalue weighted by Crippen LogP contribution is -2.40. The normalized spacial score (nSPS) is 20.1. The van der Waals surface area contributed by atoms with Gasteiger partial charge in [-0.15, -0.1) is 0 Å². The highest BCUT2D eigenvalue weighted by Crippen LogP contribution is 2.25. The zero-order valence-corrected chi connectivity index (χ0v) is 11.4. The maximum absolute atomic E-state index is 6.02. The Morgan fingerprint density at radius 2 is 2.33 bits per heavy atom. The largest absolute Gasteiger partial charge is 0.396 e. The monoisotopic (exact) mass is 249 g/mol. The highest BCUT2D eigenvalue weighted by atomic mass is 16.5. The molecule has 0 spiro atoms. The fraction of sp³-hybridized carbons (Fsp3) is 0.643. The standard InChI is InChI=1S/C14H23N3O/c1-3-9-18-12-5-4-8-17(10-12)14-13(15)7-6-11(2)16-14/h6-7,12H,3-5,8-10,15H2,1-2H3. The minimum atomic E-state index is 0.320. The number of aromatic nitrogens is 1. The molecule has 2 rings (SSSR count). The highest BCUT2D eigenvalue weighted by molar-refractivity contribution is 5.63. The number of aryl methyl sites for hydroxylation is 1. The molecule has 100 valence electrons. The van der Waals surface area contributed by atoms with E-state index in [0.717, 1.165) is 56.2 Å². The molecule has 0 saturated carbocycles. The topological polar surface area (TPSA) is 51.4 Å². The van der Waals surface area contributed by atoms with Crippen molar-refractivity contribution in [2.24, 2.45) is 0 Å². The number of ether oxygens (including phenoxy) is 1. The molecule has 4 nitrogen and oxygen atoms in total. The van der Waals surface area contributed by atoms with Crippen LogP contribution in [0.15, 0.2) is 12.1 Å². The molecular formula is C14H23N3O. The van der Waals surface area contributed by atoms with E-state index in [9.17, 15) is 0 Å². The average molecular weight is 249 g/mol. The Balaban J connectivity index is 2.05. The molecule has 1 unspecified atom stereocenters. The SMILES string of the molecule is CCCOC1CCCN(c2nc(C)ccc2N)C1. The zero-order chi connectivity index (χ0) is 13.0. The van der Waals surface area contributed by atoms with Crippen LogP contribution >= 0.6 is 0 Å². The first kappa shape index (κ1) is 13.1. The molecule has 0 aromatic carbocycles. The van der Waals surface area contributed by atoms with Gasteiger partial charge in [0.15, 0.2) is 5.82 Å². The summed E-state index contributed by atoms with van der Waals surface area (Å²) < 4.78 is 5.84. The van der Waals surface area contributed by atoms with Crippen molar-refractivity contribution >= 4 is 11.5 Å². The molecule has 1 aliphatic rings. The quantitative estimate of drug-likeness (QED) is 0.890. The molecule has 1 atom stereocenters. The second-order valence-electron chi connectivity index (χ2n) is 4.95. The van der Waals surface area contributed by atoms with Gasteiger partial charge >= 0.3 is 0 Å². The van der Waals surface area contributed by atoms with E-state index < -0.39 is 0 Å². The summed E-state index contributed by atoms with van der Waals surface area (Å²) in [4.78, 5) is 6.81. The minimum Gasteiger partial charge on any atom is -0.396 e. The summed E-state index contributed by atoms with van der Waals surface area (Å²) >= 11 is 0. The lowest BCUT2D eigenvalue weighted by molar-refractivity contribution is 0.0439. The molecule has 0 aliphatic carbocycles. The van der Waals surface area contributed by atoms with E-state index in [-0.39, 0.29) is 0 Å². The van der Waals surface area contributed by atoms with Crippen LogP contribution in [0, 0.1) is 6.92 Å². The molecule has 0 bridgehead atoms. The summed E-state index contributed by atoms with van der Waals surface area (Å²) in [7, 11) is 0. The molecule has 1 aromatic heterocycles. The summed E-state index contributed by atoms with van der Waals surface area (Å²) in [5.74, 6) is 0.916. The number of anilines is 2. The van der Waals surface area contributed by atoms with Gasteiger partial charge < -0.3 is 15.4 Å². The molecule has 1 aromatic rings. The van der Waals surface area contributed by atoms with Crippen LogP contribution in [0.2, 0.25) is 0 Å². The second kappa shape index (κ2) is 6.05. The van der Waals surface area contributed by atoms with Crippen LogP contribution in [-0.4, -0.2) is 30.8 Å². The van der Waals surface area contributed by atoms with Gasteiger partial charge in [0.25, 0.3) is 0 Å². The molecule has 0 amide bonds. The Morgan fingerprint density at radius 3 is 3.11 bits per heavy atom. The number of hydrogen-bond donors (Lipinski definition) is 1. The van der Waals surface area contributed by atoms with Crippen LogP contribution in [0.25, 0.3) is 0 Å². The Hall–Kier alpha value is -1.29. The van der Waals surface area contributed by atoms with Crippen LogP contribution in [-0.2, 0) is 4.74 Å². The molecular weight excluding hydrogens is 226 g/mol. The summed E-state index contributed by atoms with van der Waals surface area (Å²) in [6, 6.07) is 3.89. The van der Waals surface area contributed by atoms with Crippen LogP contribution in [0.3, 0.4) is 0 Å². The van der Waals surface area contributed by atoms with Crippen LogP contribution in [0.5, 0.6) is 0 Å². The third-order valence-corrected chi connectivity index (χ3v) is 3.28. The highest BCUT2D eigenvalue weighted by Gasteiger charge is 2.22. The van der Waals surface area contributed by atoms with Crippen molar-refractivity contribution in [3.05, 3.63) is 17.8 Å². The molecule has 2 heterocycles. The van der Waals surface area contributed by atoms with E-state index in [1.165, 1.54) is 0 Å². The average Bonchev–Trinajstić information content (AvgIpc) is 2.39. The minimum absolute atomic E-state index is 0.320. The summed E-state index contributed by atoms with van der Waals surface area (Å²) in [5.41, 5.74) is 7.79. The molecule has 0 radical (unpaired) electrons. The molecule has 4 heteroatoms. The van der Waals surface area contributed by atoms with E-state index in [4.69, 9.17) is 10.5 Å². The van der Waals surface area contributed by atoms with Crippen molar-refractivity contribution in [2.45, 2.75) is 39.2 Å². The van der Waals surface area contributed by atoms with Crippen molar-refractivity contribution in [2.75, 3.05) is 30.3 Å². The Kier molecular flexibility index (Phi) is 4.42. The predicted octanol–water partition coefficient (Wildman–Crippen LogP) is 2.37. The molecule has 1 saturated heterocycles. The number of nitrogen functional groups attached to an aromatic ring is 1. The Labute approximate surface area is 109 Å². The van der Waals surface area contributed by atoms with Gasteiger partial charge in [-0.25, -0.2) is 4.98 Å². The summed E-state index contributed by atoms with van der Waals surface area (Å²) in [5, 5.41) is 0. The van der Waals surface area contributed by atoms with Gasteiger partial charge in [0, 0.05) is 25.4 Å². The van der Waals surface area contributed by atoms with Gasteiger partial charge in [-0.2, -0.15) is 0 Å². The van der Waals surface area contributed by atoms with Gasteiger partial charge in [0.2, 0.25) is 0 Å². The number of pyridine rings is 1. The number of piperidine rings is 1. The predicted molar refractivity (Wildman–Crippen MR) is 74.9 cm³/mol. The van der Waals surface area contributed by atoms with E-state index in [1.807, 2.05) is 19.1 Å². The van der Waals surface area contributed by atoms with Gasteiger partial charge in [0.1, 0.15) is 0 Å². The number of nitrogens with two attached hydrogens (primary N) is 1. The third-order valence-electron chi connectivity index (χ3n) is 3.28. The second-order valence-corrected chi connectivity index (χ2v) is 4.95. The van der Waals surface area contributed by atoms with Gasteiger partial charge in [-0.05, 0) is 38.3 Å². The van der Waals surface area contributed by atoms with Crippen LogP contribution in [0.4, 0.5) is 11.5 Å². The van der Waals surface area contributed by atoms with Crippen LogP contribution < -0.4 is 10.6 Å². The van der Waals surface area contributed by atoms with Gasteiger partial charge in [-0.3, -0.25) is 0 Å². The van der Waals surface area contributed by atoms with E-state index >= 15 is 0 Å². The lowest BCUT2D eigenvalue weighted by atomic mass is 10.1. The number of rotatable bonds is 4. The maximum Gasteiger partial charge on any atom is 0.152 e. The zero-order valence-electron chi connectivity index (χ0n) is 11.4. The first-order chi connectivity index (χ1) is 8.70. The Bertz CT molecular complexity index is 395. The third kappa shape index (κ3) is 3.13. The van der Waals surface area contributed by atoms with Crippen molar-refractivity contribution in [1.82, 2.24) is 4.98 Å². The molecule has 1 aliphatic heterocycles. The van der Waals surface area contributed by atoms with Crippen molar-refractivity contribution in [3.63, 3.8) is 0 Å². The van der Waals surface area contributed by atoms with E-state index in [1.54, 1.807) is 0 Å². The van der Waals surface area contributed by atoms with E-state index in [2.05, 4.69) is 16.8 Å². The lowest BCUT2D eigenvalue weighted by Gasteiger charge is -2.34. The van der Waals surface area contributed by atoms with Crippen molar-refractivity contribution in [3.8, 4) is 0 Å². The first-order valence-electron chi connectivity index (χ1n) is 6.80. The van der Waals surface area contributed by atoms with Crippen molar-refractivity contribution < 1.29 is 4.74 Å². The fourth-order valence-electron chi connectivity index (χ4n) is 2.36. The van der Waals surface area contributed by atoms with Gasteiger partial charge in [-0.1, -0.05) is 6.92 Å². The maximum atomic E-state index is 6.02. The number of hydrogen-bond acceptors (Lipinski definition) is 4. The summed E-state index contributed by atoms with van der Waals surface area (Å²) in [6.07, 6.45) is 3.67. The number of nitrogens with zero attached hydrogens (tertiary/aromatic N) is 2. The Morgan fingerprint density at radius 1 is 1.50 bits per heavy atom. The molecule has 18 heavy (non-hydrogen) atoms. The van der Waals surface area contributed by atoms with Crippen LogP contribution in [0.1, 0.15) is 31.9 Å². The van der Waals surface area contributed by atoms with Gasteiger partial charge in [0.05, 0.1) is 11.8 Å². The smallest absolute Gasteiger partial charge is 0.152 e. The first-order valence-corrected chi connectivity index (χ1v) is 6.80. The summed E-state index contributed by atoms with van der Waals surface area (Å²) in [6.45, 7) is 6.90. The fourth-order valence-corrected chi connectivity index (χ4v) is 2.36. The van der Waals surface area contributed by atoms with Crippen molar-refractivity contribution in [1.29, 1.82) is 0 Å². The molecule has 1 fully saturated rings. The van der Waals surface area contributed by atoms with E-state index in [0.29, 0.717) is 6.10 Å².